The van der Waals surface area contributed by atoms with Gasteiger partial charge in [0.15, 0.2) is 11.5 Å². The van der Waals surface area contributed by atoms with Gasteiger partial charge in [-0.3, -0.25) is 4.79 Å². The van der Waals surface area contributed by atoms with E-state index in [0.29, 0.717) is 43.4 Å². The van der Waals surface area contributed by atoms with Gasteiger partial charge in [-0.1, -0.05) is 18.2 Å². The summed E-state index contributed by atoms with van der Waals surface area (Å²) in [5.41, 5.74) is 1.43. The second-order valence-corrected chi connectivity index (χ2v) is 8.60. The molecule has 2 aromatic carbocycles. The lowest BCUT2D eigenvalue weighted by atomic mass is 10.1. The van der Waals surface area contributed by atoms with E-state index in [1.54, 1.807) is 23.1 Å². The number of para-hydroxylation sites is 1. The Hall–Kier alpha value is -3.04. The molecule has 0 bridgehead atoms. The molecule has 1 aliphatic rings. The number of nitrogens with zero attached hydrogens (tertiary/aromatic N) is 1. The molecule has 0 atom stereocenters. The fourth-order valence-electron chi connectivity index (χ4n) is 3.20. The van der Waals surface area contributed by atoms with Gasteiger partial charge in [0.05, 0.1) is 7.11 Å². The zero-order valence-corrected chi connectivity index (χ0v) is 18.6. The summed E-state index contributed by atoms with van der Waals surface area (Å²) in [6.07, 6.45) is 3.01. The molecule has 8 nitrogen and oxygen atoms in total. The zero-order chi connectivity index (χ0) is 22.4. The van der Waals surface area contributed by atoms with Crippen LogP contribution in [0.3, 0.4) is 0 Å². The maximum absolute atomic E-state index is 12.8. The Kier molecular flexibility index (Phi) is 7.19. The van der Waals surface area contributed by atoms with Crippen LogP contribution in [0.25, 0.3) is 6.08 Å². The van der Waals surface area contributed by atoms with Crippen molar-refractivity contribution in [2.24, 2.45) is 0 Å². The summed E-state index contributed by atoms with van der Waals surface area (Å²) in [6, 6.07) is 10.3. The van der Waals surface area contributed by atoms with Crippen LogP contribution in [0.2, 0.25) is 0 Å². The zero-order valence-electron chi connectivity index (χ0n) is 17.8. The minimum Gasteiger partial charge on any atom is -0.495 e. The third-order valence-corrected chi connectivity index (χ3v) is 6.30. The first kappa shape index (κ1) is 22.6. The van der Waals surface area contributed by atoms with Gasteiger partial charge >= 0.3 is 0 Å². The summed E-state index contributed by atoms with van der Waals surface area (Å²) in [4.78, 5) is 14.5. The van der Waals surface area contributed by atoms with Gasteiger partial charge < -0.3 is 19.1 Å². The number of ether oxygens (including phenoxy) is 3. The van der Waals surface area contributed by atoms with E-state index in [1.807, 2.05) is 25.1 Å². The minimum absolute atomic E-state index is 0.00695. The van der Waals surface area contributed by atoms with Crippen molar-refractivity contribution in [1.29, 1.82) is 0 Å². The highest BCUT2D eigenvalue weighted by atomic mass is 32.2. The Bertz CT molecular complexity index is 1080. The molecule has 9 heteroatoms. The van der Waals surface area contributed by atoms with Crippen molar-refractivity contribution in [2.75, 3.05) is 33.9 Å². The van der Waals surface area contributed by atoms with E-state index in [-0.39, 0.29) is 16.6 Å². The van der Waals surface area contributed by atoms with Crippen LogP contribution < -0.4 is 18.9 Å². The number of fused-ring (bicyclic) bond motifs is 1. The number of sulfonamides is 1. The average molecular weight is 447 g/mol. The first-order valence-electron chi connectivity index (χ1n) is 9.85. The molecular formula is C22H26N2O6S. The second-order valence-electron chi connectivity index (χ2n) is 6.74. The van der Waals surface area contributed by atoms with Crippen LogP contribution in [-0.4, -0.2) is 53.1 Å². The molecule has 1 N–H and O–H groups in total. The van der Waals surface area contributed by atoms with Crippen LogP contribution in [0.1, 0.15) is 18.1 Å². The number of benzene rings is 2. The third-order valence-electron chi connectivity index (χ3n) is 4.87. The number of methoxy groups -OCH3 is 1. The number of hydrogen-bond donors (Lipinski definition) is 1. The molecule has 31 heavy (non-hydrogen) atoms. The van der Waals surface area contributed by atoms with Gasteiger partial charge in [0.2, 0.25) is 15.9 Å². The van der Waals surface area contributed by atoms with Crippen LogP contribution in [0.5, 0.6) is 17.2 Å². The number of hydrogen-bond acceptors (Lipinski definition) is 6. The van der Waals surface area contributed by atoms with E-state index < -0.39 is 10.0 Å². The molecule has 1 aliphatic heterocycles. The van der Waals surface area contributed by atoms with Crippen LogP contribution in [-0.2, 0) is 21.4 Å². The van der Waals surface area contributed by atoms with Crippen molar-refractivity contribution in [3.63, 3.8) is 0 Å². The Morgan fingerprint density at radius 1 is 1.23 bits per heavy atom. The molecule has 1 amide bonds. The topological polar surface area (TPSA) is 94.2 Å². The third kappa shape index (κ3) is 5.18. The highest BCUT2D eigenvalue weighted by Crippen LogP contribution is 2.34. The molecular weight excluding hydrogens is 420 g/mol. The molecule has 166 valence electrons. The summed E-state index contributed by atoms with van der Waals surface area (Å²) < 4.78 is 43.2. The van der Waals surface area contributed by atoms with Crippen LogP contribution in [0, 0.1) is 0 Å². The molecule has 2 aromatic rings. The number of nitrogens with one attached hydrogen (secondary N) is 1. The van der Waals surface area contributed by atoms with Crippen molar-refractivity contribution < 1.29 is 27.4 Å². The molecule has 3 rings (SSSR count). The molecule has 0 saturated carbocycles. The van der Waals surface area contributed by atoms with E-state index in [1.165, 1.54) is 26.3 Å². The number of carbonyl (C=O) groups is 1. The molecule has 0 unspecified atom stereocenters. The fourth-order valence-corrected chi connectivity index (χ4v) is 4.13. The molecule has 0 aromatic heterocycles. The lowest BCUT2D eigenvalue weighted by molar-refractivity contribution is -0.126. The average Bonchev–Trinajstić information content (AvgIpc) is 2.80. The highest BCUT2D eigenvalue weighted by Gasteiger charge is 2.20. The van der Waals surface area contributed by atoms with Crippen LogP contribution >= 0.6 is 0 Å². The summed E-state index contributed by atoms with van der Waals surface area (Å²) in [6.45, 7) is 3.73. The van der Waals surface area contributed by atoms with Crippen molar-refractivity contribution >= 4 is 22.0 Å². The van der Waals surface area contributed by atoms with Gasteiger partial charge in [0, 0.05) is 24.7 Å². The van der Waals surface area contributed by atoms with E-state index in [9.17, 15) is 13.2 Å². The second kappa shape index (κ2) is 9.84. The molecule has 0 saturated heterocycles. The van der Waals surface area contributed by atoms with Crippen molar-refractivity contribution in [1.82, 2.24) is 9.62 Å². The van der Waals surface area contributed by atoms with E-state index in [4.69, 9.17) is 14.2 Å². The Balaban J connectivity index is 1.79. The number of likely N-dealkylation sites (N-methyl/N-ethyl adjacent to an activating group) is 1. The predicted molar refractivity (Wildman–Crippen MR) is 117 cm³/mol. The van der Waals surface area contributed by atoms with E-state index in [2.05, 4.69) is 4.72 Å². The van der Waals surface area contributed by atoms with Crippen molar-refractivity contribution in [2.45, 2.75) is 18.4 Å². The number of amides is 1. The monoisotopic (exact) mass is 446 g/mol. The standard InChI is InChI=1S/C22H26N2O6S/c1-4-24(15-17-6-5-7-19-22(17)30-13-12-29-19)21(25)11-9-16-8-10-18(28-3)20(14-16)31(26,27)23-2/h5-11,14,23H,4,12-13,15H2,1-3H3/b11-9+. The largest absolute Gasteiger partial charge is 0.495 e. The molecule has 1 heterocycles. The summed E-state index contributed by atoms with van der Waals surface area (Å²) in [7, 11) is -0.970. The van der Waals surface area contributed by atoms with Crippen molar-refractivity contribution in [3.05, 3.63) is 53.6 Å². The van der Waals surface area contributed by atoms with Crippen molar-refractivity contribution in [3.8, 4) is 17.2 Å². The first-order chi connectivity index (χ1) is 14.9. The van der Waals surface area contributed by atoms with Crippen LogP contribution in [0.4, 0.5) is 0 Å². The quantitative estimate of drug-likeness (QED) is 0.626. The predicted octanol–water partition coefficient (Wildman–Crippen LogP) is 2.44. The van der Waals surface area contributed by atoms with Gasteiger partial charge in [0.25, 0.3) is 0 Å². The Morgan fingerprint density at radius 3 is 2.71 bits per heavy atom. The fraction of sp³-hybridized carbons (Fsp3) is 0.318. The SMILES string of the molecule is CCN(Cc1cccc2c1OCCO2)C(=O)/C=C/c1ccc(OC)c(S(=O)(=O)NC)c1. The summed E-state index contributed by atoms with van der Waals surface area (Å²) in [5, 5.41) is 0. The summed E-state index contributed by atoms with van der Waals surface area (Å²) in [5.74, 6) is 1.37. The van der Waals surface area contributed by atoms with E-state index >= 15 is 0 Å². The van der Waals surface area contributed by atoms with Crippen LogP contribution in [0.15, 0.2) is 47.4 Å². The van der Waals surface area contributed by atoms with Gasteiger partial charge in [-0.05, 0) is 43.8 Å². The smallest absolute Gasteiger partial charge is 0.246 e. The normalized spacial score (nSPS) is 13.3. The lowest BCUT2D eigenvalue weighted by Crippen LogP contribution is -2.29. The maximum Gasteiger partial charge on any atom is 0.246 e. The molecule has 0 aliphatic carbocycles. The number of carbonyl (C=O) groups excluding carboxylic acids is 1. The first-order valence-corrected chi connectivity index (χ1v) is 11.3. The van der Waals surface area contributed by atoms with Gasteiger partial charge in [-0.15, -0.1) is 0 Å². The molecule has 0 radical (unpaired) electrons. The van der Waals surface area contributed by atoms with Gasteiger partial charge in [0.1, 0.15) is 23.9 Å². The highest BCUT2D eigenvalue weighted by molar-refractivity contribution is 7.89. The lowest BCUT2D eigenvalue weighted by Gasteiger charge is -2.24. The molecule has 0 fully saturated rings. The Morgan fingerprint density at radius 2 is 2.00 bits per heavy atom. The maximum atomic E-state index is 12.8. The van der Waals surface area contributed by atoms with Gasteiger partial charge in [-0.25, -0.2) is 13.1 Å². The molecule has 0 spiro atoms. The Labute approximate surface area is 182 Å². The summed E-state index contributed by atoms with van der Waals surface area (Å²) >= 11 is 0. The minimum atomic E-state index is -3.70. The van der Waals surface area contributed by atoms with E-state index in [0.717, 1.165) is 5.56 Å². The number of rotatable bonds is 8. The van der Waals surface area contributed by atoms with Gasteiger partial charge in [-0.2, -0.15) is 0 Å².